The molecule has 1 heterocycles. The van der Waals surface area contributed by atoms with Gasteiger partial charge in [-0.3, -0.25) is 4.79 Å². The fraction of sp³-hybridized carbons (Fsp3) is 0.333. The van der Waals surface area contributed by atoms with E-state index >= 15 is 0 Å². The molecule has 0 aromatic heterocycles. The highest BCUT2D eigenvalue weighted by Gasteiger charge is 2.31. The molecule has 1 fully saturated rings. The van der Waals surface area contributed by atoms with Gasteiger partial charge in [0.05, 0.1) is 18.2 Å². The number of anilines is 1. The number of ether oxygens (including phenoxy) is 2. The van der Waals surface area contributed by atoms with Crippen molar-refractivity contribution in [3.05, 3.63) is 59.7 Å². The minimum absolute atomic E-state index is 0.166. The molecule has 2 aromatic rings. The van der Waals surface area contributed by atoms with E-state index in [9.17, 15) is 22.8 Å². The fourth-order valence-electron chi connectivity index (χ4n) is 3.13. The highest BCUT2D eigenvalue weighted by atomic mass is 19.4. The third-order valence-electron chi connectivity index (χ3n) is 4.81. The first kappa shape index (κ1) is 21.5. The standard InChI is InChI=1S/C21H21F3N2O4/c1-29-20(28)15-5-7-18(8-6-15)30-14-19(27)26-11-9-25(10-12-26)17-4-2-3-16(13-17)21(22,23)24/h2-8,13H,9-12,14H2,1H3. The van der Waals surface area contributed by atoms with Crippen molar-refractivity contribution < 1.29 is 32.2 Å². The number of halogens is 3. The molecule has 0 atom stereocenters. The molecule has 1 aliphatic heterocycles. The molecule has 0 N–H and O–H groups in total. The molecule has 0 aliphatic carbocycles. The summed E-state index contributed by atoms with van der Waals surface area (Å²) in [6, 6.07) is 11.4. The van der Waals surface area contributed by atoms with E-state index in [1.807, 2.05) is 4.90 Å². The van der Waals surface area contributed by atoms with Crippen LogP contribution in [-0.4, -0.2) is 56.7 Å². The third kappa shape index (κ3) is 5.22. The van der Waals surface area contributed by atoms with Gasteiger partial charge >= 0.3 is 12.1 Å². The molecule has 3 rings (SSSR count). The van der Waals surface area contributed by atoms with Crippen molar-refractivity contribution >= 4 is 17.6 Å². The lowest BCUT2D eigenvalue weighted by Gasteiger charge is -2.36. The Morgan fingerprint density at radius 1 is 1.00 bits per heavy atom. The van der Waals surface area contributed by atoms with Gasteiger partial charge < -0.3 is 19.3 Å². The lowest BCUT2D eigenvalue weighted by atomic mass is 10.1. The molecule has 1 aliphatic rings. The Kier molecular flexibility index (Phi) is 6.49. The summed E-state index contributed by atoms with van der Waals surface area (Å²) in [5.41, 5.74) is 0.172. The smallest absolute Gasteiger partial charge is 0.416 e. The largest absolute Gasteiger partial charge is 0.484 e. The number of methoxy groups -OCH3 is 1. The second-order valence-corrected chi connectivity index (χ2v) is 6.72. The van der Waals surface area contributed by atoms with Gasteiger partial charge in [-0.1, -0.05) is 6.07 Å². The predicted molar refractivity (Wildman–Crippen MR) is 104 cm³/mol. The molecule has 0 bridgehead atoms. The Balaban J connectivity index is 1.50. The first-order chi connectivity index (χ1) is 14.3. The number of hydrogen-bond donors (Lipinski definition) is 0. The Morgan fingerprint density at radius 3 is 2.27 bits per heavy atom. The van der Waals surface area contributed by atoms with E-state index in [0.29, 0.717) is 43.2 Å². The Morgan fingerprint density at radius 2 is 1.67 bits per heavy atom. The highest BCUT2D eigenvalue weighted by Crippen LogP contribution is 2.31. The van der Waals surface area contributed by atoms with Gasteiger partial charge in [-0.25, -0.2) is 4.79 Å². The normalized spacial score (nSPS) is 14.4. The molecule has 6 nitrogen and oxygen atoms in total. The van der Waals surface area contributed by atoms with Crippen LogP contribution in [0.2, 0.25) is 0 Å². The van der Waals surface area contributed by atoms with E-state index in [0.717, 1.165) is 12.1 Å². The zero-order valence-corrected chi connectivity index (χ0v) is 16.3. The van der Waals surface area contributed by atoms with Crippen LogP contribution in [0.4, 0.5) is 18.9 Å². The van der Waals surface area contributed by atoms with Gasteiger partial charge in [0.1, 0.15) is 5.75 Å². The Bertz CT molecular complexity index is 892. The molecule has 160 valence electrons. The summed E-state index contributed by atoms with van der Waals surface area (Å²) in [4.78, 5) is 27.2. The Labute approximate surface area is 171 Å². The molecule has 0 unspecified atom stereocenters. The van der Waals surface area contributed by atoms with Crippen LogP contribution in [0.1, 0.15) is 15.9 Å². The number of carbonyl (C=O) groups is 2. The molecule has 0 spiro atoms. The van der Waals surface area contributed by atoms with Crippen molar-refractivity contribution in [2.75, 3.05) is 44.8 Å². The van der Waals surface area contributed by atoms with Crippen LogP contribution in [0, 0.1) is 0 Å². The minimum Gasteiger partial charge on any atom is -0.484 e. The molecule has 0 radical (unpaired) electrons. The van der Waals surface area contributed by atoms with Crippen LogP contribution >= 0.6 is 0 Å². The van der Waals surface area contributed by atoms with Gasteiger partial charge in [-0.2, -0.15) is 13.2 Å². The number of rotatable bonds is 5. The summed E-state index contributed by atoms with van der Waals surface area (Å²) in [6.45, 7) is 1.47. The Hall–Kier alpha value is -3.23. The van der Waals surface area contributed by atoms with Crippen molar-refractivity contribution in [1.29, 1.82) is 0 Å². The highest BCUT2D eigenvalue weighted by molar-refractivity contribution is 5.89. The third-order valence-corrected chi connectivity index (χ3v) is 4.81. The summed E-state index contributed by atoms with van der Waals surface area (Å²) in [6.07, 6.45) is -4.39. The zero-order valence-electron chi connectivity index (χ0n) is 16.3. The maximum atomic E-state index is 12.9. The monoisotopic (exact) mass is 422 g/mol. The lowest BCUT2D eigenvalue weighted by Crippen LogP contribution is -2.50. The van der Waals surface area contributed by atoms with E-state index in [1.165, 1.54) is 13.2 Å². The number of carbonyl (C=O) groups excluding carboxylic acids is 2. The topological polar surface area (TPSA) is 59.1 Å². The number of nitrogens with zero attached hydrogens (tertiary/aromatic N) is 2. The van der Waals surface area contributed by atoms with Crippen molar-refractivity contribution in [1.82, 2.24) is 4.90 Å². The first-order valence-corrected chi connectivity index (χ1v) is 9.29. The first-order valence-electron chi connectivity index (χ1n) is 9.29. The molecular weight excluding hydrogens is 401 g/mol. The van der Waals surface area contributed by atoms with E-state index < -0.39 is 17.7 Å². The van der Waals surface area contributed by atoms with Gasteiger partial charge in [0, 0.05) is 31.9 Å². The average Bonchev–Trinajstić information content (AvgIpc) is 2.77. The SMILES string of the molecule is COC(=O)c1ccc(OCC(=O)N2CCN(c3cccc(C(F)(F)F)c3)CC2)cc1. The predicted octanol–water partition coefficient (Wildman–Crippen LogP) is 3.22. The number of hydrogen-bond acceptors (Lipinski definition) is 5. The molecule has 1 saturated heterocycles. The number of alkyl halides is 3. The number of benzene rings is 2. The second kappa shape index (κ2) is 9.06. The van der Waals surface area contributed by atoms with Gasteiger partial charge in [-0.15, -0.1) is 0 Å². The van der Waals surface area contributed by atoms with Crippen LogP contribution in [0.25, 0.3) is 0 Å². The second-order valence-electron chi connectivity index (χ2n) is 6.72. The fourth-order valence-corrected chi connectivity index (χ4v) is 3.13. The summed E-state index contributed by atoms with van der Waals surface area (Å²) < 4.78 is 48.8. The molecular formula is C21H21F3N2O4. The van der Waals surface area contributed by atoms with E-state index in [-0.39, 0.29) is 12.5 Å². The summed E-state index contributed by atoms with van der Waals surface area (Å²) in [5.74, 6) is -0.231. The van der Waals surface area contributed by atoms with Crippen LogP contribution in [-0.2, 0) is 15.7 Å². The quantitative estimate of drug-likeness (QED) is 0.693. The summed E-state index contributed by atoms with van der Waals surface area (Å²) in [5, 5.41) is 0. The van der Waals surface area contributed by atoms with Crippen LogP contribution in [0.5, 0.6) is 5.75 Å². The van der Waals surface area contributed by atoms with Crippen molar-refractivity contribution in [2.45, 2.75) is 6.18 Å². The van der Waals surface area contributed by atoms with E-state index in [4.69, 9.17) is 4.74 Å². The van der Waals surface area contributed by atoms with Gasteiger partial charge in [-0.05, 0) is 42.5 Å². The number of esters is 1. The molecule has 2 aromatic carbocycles. The molecule has 9 heteroatoms. The van der Waals surface area contributed by atoms with E-state index in [2.05, 4.69) is 4.74 Å². The summed E-state index contributed by atoms with van der Waals surface area (Å²) >= 11 is 0. The lowest BCUT2D eigenvalue weighted by molar-refractivity contribution is -0.137. The maximum Gasteiger partial charge on any atom is 0.416 e. The molecule has 30 heavy (non-hydrogen) atoms. The van der Waals surface area contributed by atoms with Gasteiger partial charge in [0.2, 0.25) is 0 Å². The van der Waals surface area contributed by atoms with Crippen LogP contribution < -0.4 is 9.64 Å². The average molecular weight is 422 g/mol. The summed E-state index contributed by atoms with van der Waals surface area (Å²) in [7, 11) is 1.29. The zero-order chi connectivity index (χ0) is 21.7. The van der Waals surface area contributed by atoms with Crippen molar-refractivity contribution in [2.24, 2.45) is 0 Å². The molecule has 1 amide bonds. The van der Waals surface area contributed by atoms with Crippen molar-refractivity contribution in [3.8, 4) is 5.75 Å². The van der Waals surface area contributed by atoms with Crippen LogP contribution in [0.15, 0.2) is 48.5 Å². The van der Waals surface area contributed by atoms with Gasteiger partial charge in [0.25, 0.3) is 5.91 Å². The van der Waals surface area contributed by atoms with Gasteiger partial charge in [0.15, 0.2) is 6.61 Å². The number of amides is 1. The molecule has 0 saturated carbocycles. The maximum absolute atomic E-state index is 12.9. The van der Waals surface area contributed by atoms with Crippen LogP contribution in [0.3, 0.4) is 0 Å². The number of piperazine rings is 1. The van der Waals surface area contributed by atoms with E-state index in [1.54, 1.807) is 35.2 Å². The van der Waals surface area contributed by atoms with Crippen molar-refractivity contribution in [3.63, 3.8) is 0 Å². The minimum atomic E-state index is -4.39.